The first-order chi connectivity index (χ1) is 16.9. The summed E-state index contributed by atoms with van der Waals surface area (Å²) in [5.41, 5.74) is 1.26. The van der Waals surface area contributed by atoms with Gasteiger partial charge in [-0.2, -0.15) is 0 Å². The minimum absolute atomic E-state index is 0.224. The lowest BCUT2D eigenvalue weighted by Crippen LogP contribution is -2.41. The molecule has 4 rings (SSSR count). The molecule has 3 aromatic carbocycles. The van der Waals surface area contributed by atoms with Crippen LogP contribution in [0.4, 0.5) is 14.5 Å². The Morgan fingerprint density at radius 1 is 0.829 bits per heavy atom. The van der Waals surface area contributed by atoms with Crippen molar-refractivity contribution in [1.29, 1.82) is 0 Å². The first kappa shape index (κ1) is 24.1. The minimum Gasteiger partial charge on any atom is -0.447 e. The fourth-order valence-corrected chi connectivity index (χ4v) is 3.95. The molecule has 1 atom stereocenters. The summed E-state index contributed by atoms with van der Waals surface area (Å²) in [7, 11) is 0. The van der Waals surface area contributed by atoms with Gasteiger partial charge >= 0.3 is 5.97 Å². The quantitative estimate of drug-likeness (QED) is 0.520. The number of ether oxygens (including phenoxy) is 1. The number of likely N-dealkylation sites (tertiary alicyclic amines) is 1. The molecule has 1 unspecified atom stereocenters. The van der Waals surface area contributed by atoms with E-state index in [0.29, 0.717) is 42.7 Å². The van der Waals surface area contributed by atoms with Crippen molar-refractivity contribution in [2.45, 2.75) is 18.9 Å². The summed E-state index contributed by atoms with van der Waals surface area (Å²) in [5, 5.41) is 2.66. The van der Waals surface area contributed by atoms with Crippen molar-refractivity contribution in [3.8, 4) is 0 Å². The van der Waals surface area contributed by atoms with Crippen LogP contribution in [0, 0.1) is 17.6 Å². The average molecular weight is 478 g/mol. The van der Waals surface area contributed by atoms with Gasteiger partial charge in [0.2, 0.25) is 6.10 Å². The summed E-state index contributed by atoms with van der Waals surface area (Å²) in [5.74, 6) is -2.63. The molecule has 0 saturated carbocycles. The van der Waals surface area contributed by atoms with Crippen molar-refractivity contribution in [3.05, 3.63) is 102 Å². The molecule has 6 nitrogen and oxygen atoms in total. The number of esters is 1. The van der Waals surface area contributed by atoms with Crippen molar-refractivity contribution in [2.24, 2.45) is 5.92 Å². The summed E-state index contributed by atoms with van der Waals surface area (Å²) >= 11 is 0. The van der Waals surface area contributed by atoms with Gasteiger partial charge in [0.25, 0.3) is 11.8 Å². The van der Waals surface area contributed by atoms with Crippen LogP contribution in [-0.2, 0) is 14.3 Å². The maximum absolute atomic E-state index is 13.2. The van der Waals surface area contributed by atoms with Crippen molar-refractivity contribution < 1.29 is 27.9 Å². The van der Waals surface area contributed by atoms with E-state index in [2.05, 4.69) is 5.32 Å². The van der Waals surface area contributed by atoms with Crippen LogP contribution < -0.4 is 5.32 Å². The first-order valence-corrected chi connectivity index (χ1v) is 11.3. The lowest BCUT2D eigenvalue weighted by molar-refractivity contribution is -0.160. The van der Waals surface area contributed by atoms with Crippen LogP contribution in [0.25, 0.3) is 0 Å². The number of carbonyl (C=O) groups is 3. The van der Waals surface area contributed by atoms with Gasteiger partial charge in [0.05, 0.1) is 5.92 Å². The Hall–Kier alpha value is -4.07. The lowest BCUT2D eigenvalue weighted by Gasteiger charge is -2.31. The molecule has 0 aliphatic carbocycles. The summed E-state index contributed by atoms with van der Waals surface area (Å²) in [6.07, 6.45) is -0.424. The molecule has 1 fully saturated rings. The molecule has 0 spiro atoms. The zero-order valence-electron chi connectivity index (χ0n) is 18.8. The molecule has 0 radical (unpaired) electrons. The number of amides is 2. The molecule has 1 aliphatic heterocycles. The number of halogens is 2. The van der Waals surface area contributed by atoms with Gasteiger partial charge in [0, 0.05) is 29.9 Å². The Bertz CT molecular complexity index is 1180. The fourth-order valence-electron chi connectivity index (χ4n) is 3.95. The van der Waals surface area contributed by atoms with Gasteiger partial charge in [-0.25, -0.2) is 8.78 Å². The van der Waals surface area contributed by atoms with E-state index in [-0.39, 0.29) is 5.91 Å². The molecule has 8 heteroatoms. The number of carbonyl (C=O) groups excluding carboxylic acids is 3. The number of nitrogens with zero attached hydrogens (tertiary/aromatic N) is 1. The largest absolute Gasteiger partial charge is 0.447 e. The smallest absolute Gasteiger partial charge is 0.310 e. The van der Waals surface area contributed by atoms with E-state index >= 15 is 0 Å². The van der Waals surface area contributed by atoms with Crippen LogP contribution >= 0.6 is 0 Å². The molecule has 1 N–H and O–H groups in total. The molecule has 1 heterocycles. The Morgan fingerprint density at radius 2 is 1.40 bits per heavy atom. The first-order valence-electron chi connectivity index (χ1n) is 11.3. The lowest BCUT2D eigenvalue weighted by atomic mass is 9.96. The molecule has 3 aromatic rings. The number of nitrogens with one attached hydrogen (secondary N) is 1. The molecule has 1 saturated heterocycles. The standard InChI is InChI=1S/C27H24F2N2O4/c28-21-8-6-19(7-9-21)26(33)31-16-14-20(15-17-31)27(34)35-24(18-4-2-1-3-5-18)25(32)30-23-12-10-22(29)11-13-23/h1-13,20,24H,14-17H2,(H,30,32). The predicted octanol–water partition coefficient (Wildman–Crippen LogP) is 4.74. The summed E-state index contributed by atoms with van der Waals surface area (Å²) in [4.78, 5) is 40.2. The molecule has 0 bridgehead atoms. The predicted molar refractivity (Wildman–Crippen MR) is 125 cm³/mol. The van der Waals surface area contributed by atoms with Crippen LogP contribution in [0.2, 0.25) is 0 Å². The van der Waals surface area contributed by atoms with Crippen LogP contribution in [0.15, 0.2) is 78.9 Å². The van der Waals surface area contributed by atoms with E-state index in [1.807, 2.05) is 0 Å². The van der Waals surface area contributed by atoms with Crippen LogP contribution in [0.1, 0.15) is 34.9 Å². The van der Waals surface area contributed by atoms with Crippen molar-refractivity contribution in [1.82, 2.24) is 4.90 Å². The van der Waals surface area contributed by atoms with E-state index in [9.17, 15) is 23.2 Å². The summed E-state index contributed by atoms with van der Waals surface area (Å²) in [6.45, 7) is 0.682. The minimum atomic E-state index is -1.19. The molecular formula is C27H24F2N2O4. The summed E-state index contributed by atoms with van der Waals surface area (Å²) < 4.78 is 32.0. The van der Waals surface area contributed by atoms with Crippen LogP contribution in [0.5, 0.6) is 0 Å². The number of benzene rings is 3. The van der Waals surface area contributed by atoms with Crippen molar-refractivity contribution >= 4 is 23.5 Å². The Morgan fingerprint density at radius 3 is 2.00 bits per heavy atom. The monoisotopic (exact) mass is 478 g/mol. The number of anilines is 1. The van der Waals surface area contributed by atoms with Gasteiger partial charge in [-0.1, -0.05) is 30.3 Å². The molecule has 0 aromatic heterocycles. The fraction of sp³-hybridized carbons (Fsp3) is 0.222. The normalized spacial score (nSPS) is 14.7. The third-order valence-corrected chi connectivity index (χ3v) is 5.89. The second kappa shape index (κ2) is 10.9. The average Bonchev–Trinajstić information content (AvgIpc) is 2.89. The summed E-state index contributed by atoms with van der Waals surface area (Å²) in [6, 6.07) is 19.3. The number of rotatable bonds is 6. The highest BCUT2D eigenvalue weighted by atomic mass is 19.1. The van der Waals surface area contributed by atoms with Gasteiger partial charge in [0.15, 0.2) is 0 Å². The highest BCUT2D eigenvalue weighted by molar-refractivity contribution is 5.96. The zero-order chi connectivity index (χ0) is 24.8. The zero-order valence-corrected chi connectivity index (χ0v) is 18.8. The Labute approximate surface area is 201 Å². The SMILES string of the molecule is O=C(OC(C(=O)Nc1ccc(F)cc1)c1ccccc1)C1CCN(C(=O)c2ccc(F)cc2)CC1. The van der Waals surface area contributed by atoms with E-state index in [1.165, 1.54) is 48.5 Å². The molecule has 180 valence electrons. The van der Waals surface area contributed by atoms with Crippen molar-refractivity contribution in [3.63, 3.8) is 0 Å². The third kappa shape index (κ3) is 6.09. The highest BCUT2D eigenvalue weighted by Gasteiger charge is 2.32. The van der Waals surface area contributed by atoms with E-state index in [1.54, 1.807) is 35.2 Å². The maximum Gasteiger partial charge on any atom is 0.310 e. The molecule has 2 amide bonds. The molecule has 35 heavy (non-hydrogen) atoms. The maximum atomic E-state index is 13.2. The second-order valence-electron chi connectivity index (χ2n) is 8.30. The Balaban J connectivity index is 1.40. The highest BCUT2D eigenvalue weighted by Crippen LogP contribution is 2.26. The topological polar surface area (TPSA) is 75.7 Å². The number of hydrogen-bond donors (Lipinski definition) is 1. The number of piperidine rings is 1. The van der Waals surface area contributed by atoms with Gasteiger partial charge in [-0.15, -0.1) is 0 Å². The van der Waals surface area contributed by atoms with Crippen LogP contribution in [-0.4, -0.2) is 35.8 Å². The van der Waals surface area contributed by atoms with Gasteiger partial charge < -0.3 is 15.0 Å². The van der Waals surface area contributed by atoms with Crippen molar-refractivity contribution in [2.75, 3.05) is 18.4 Å². The van der Waals surface area contributed by atoms with Gasteiger partial charge in [0.1, 0.15) is 11.6 Å². The molecule has 1 aliphatic rings. The third-order valence-electron chi connectivity index (χ3n) is 5.89. The Kier molecular flexibility index (Phi) is 7.50. The van der Waals surface area contributed by atoms with E-state index in [4.69, 9.17) is 4.74 Å². The number of hydrogen-bond acceptors (Lipinski definition) is 4. The van der Waals surface area contributed by atoms with E-state index in [0.717, 1.165) is 0 Å². The van der Waals surface area contributed by atoms with E-state index < -0.39 is 35.5 Å². The second-order valence-corrected chi connectivity index (χ2v) is 8.30. The van der Waals surface area contributed by atoms with Gasteiger partial charge in [-0.05, 0) is 61.4 Å². The van der Waals surface area contributed by atoms with Crippen LogP contribution in [0.3, 0.4) is 0 Å². The molecular weight excluding hydrogens is 454 g/mol. The van der Waals surface area contributed by atoms with Gasteiger partial charge in [-0.3, -0.25) is 14.4 Å².